The van der Waals surface area contributed by atoms with Gasteiger partial charge in [0.05, 0.1) is 13.2 Å². The summed E-state index contributed by atoms with van der Waals surface area (Å²) in [5.41, 5.74) is 11.7. The topological polar surface area (TPSA) is 111 Å². The molecule has 2 fully saturated rings. The van der Waals surface area contributed by atoms with Crippen LogP contribution in [0.2, 0.25) is 0 Å². The molecule has 1 atom stereocenters. The Balaban J connectivity index is 1.19. The van der Waals surface area contributed by atoms with Gasteiger partial charge in [-0.2, -0.15) is 0 Å². The molecular formula is C32H39AsN8O. The summed E-state index contributed by atoms with van der Waals surface area (Å²) >= 11 is -0.620. The number of nitrogen functional groups attached to an aromatic ring is 1. The second-order valence-electron chi connectivity index (χ2n) is 12.6. The monoisotopic (exact) mass is 626 g/mol. The molecule has 1 unspecified atom stereocenters. The predicted octanol–water partition coefficient (Wildman–Crippen LogP) is 3.45. The Labute approximate surface area is 252 Å². The molecule has 3 aromatic heterocycles. The van der Waals surface area contributed by atoms with Crippen LogP contribution in [0, 0.1) is 0 Å². The van der Waals surface area contributed by atoms with Crippen molar-refractivity contribution in [2.24, 2.45) is 0 Å². The summed E-state index contributed by atoms with van der Waals surface area (Å²) in [6, 6.07) is 16.4. The summed E-state index contributed by atoms with van der Waals surface area (Å²) in [6.07, 6.45) is 6.03. The van der Waals surface area contributed by atoms with Crippen LogP contribution in [0.25, 0.3) is 33.2 Å². The van der Waals surface area contributed by atoms with Gasteiger partial charge in [0.25, 0.3) is 0 Å². The van der Waals surface area contributed by atoms with E-state index in [0.29, 0.717) is 17.9 Å². The number of nitrogens with two attached hydrogens (primary N) is 1. The number of benzene rings is 2. The summed E-state index contributed by atoms with van der Waals surface area (Å²) in [6.45, 7) is 10.5. The van der Waals surface area contributed by atoms with Gasteiger partial charge in [-0.1, -0.05) is 0 Å². The number of rotatable bonds is 5. The SMILES string of the molecule is CC(C)(C)c1ccc([AsH]c2n[nH]c3ccc(-c4nn([C@H]5CC[C@H](N6CCOCC6)CC5)c5ncnc(N)c45)cc23)cc1. The first-order valence-electron chi connectivity index (χ1n) is 15.0. The third kappa shape index (κ3) is 5.23. The van der Waals surface area contributed by atoms with Gasteiger partial charge in [-0.05, 0) is 0 Å². The molecular weight excluding hydrogens is 587 g/mol. The molecule has 0 radical (unpaired) electrons. The van der Waals surface area contributed by atoms with Crippen LogP contribution in [0.15, 0.2) is 48.8 Å². The molecule has 0 bridgehead atoms. The van der Waals surface area contributed by atoms with E-state index in [1.807, 2.05) is 0 Å². The molecule has 5 aromatic rings. The fraction of sp³-hybridized carbons (Fsp3) is 0.438. The van der Waals surface area contributed by atoms with E-state index < -0.39 is 15.8 Å². The minimum absolute atomic E-state index is 0.145. The van der Waals surface area contributed by atoms with Crippen molar-refractivity contribution in [3.05, 3.63) is 54.4 Å². The van der Waals surface area contributed by atoms with E-state index in [4.69, 9.17) is 25.7 Å². The number of nitrogens with one attached hydrogen (secondary N) is 1. The molecule has 10 heteroatoms. The zero-order valence-electron chi connectivity index (χ0n) is 24.6. The van der Waals surface area contributed by atoms with E-state index in [1.54, 1.807) is 6.33 Å². The molecule has 3 N–H and O–H groups in total. The number of nitrogens with zero attached hydrogens (tertiary/aromatic N) is 6. The molecule has 0 spiro atoms. The van der Waals surface area contributed by atoms with Crippen LogP contribution in [0.1, 0.15) is 58.1 Å². The van der Waals surface area contributed by atoms with Crippen LogP contribution in [0.5, 0.6) is 0 Å². The number of fused-ring (bicyclic) bond motifs is 2. The van der Waals surface area contributed by atoms with Gasteiger partial charge in [0, 0.05) is 13.1 Å². The fourth-order valence-electron chi connectivity index (χ4n) is 6.51. The van der Waals surface area contributed by atoms with Crippen molar-refractivity contribution in [1.29, 1.82) is 0 Å². The molecule has 2 aliphatic rings. The van der Waals surface area contributed by atoms with Crippen LogP contribution in [0.4, 0.5) is 5.82 Å². The summed E-state index contributed by atoms with van der Waals surface area (Å²) < 4.78 is 10.2. The van der Waals surface area contributed by atoms with Crippen molar-refractivity contribution in [3.8, 4) is 11.3 Å². The number of ether oxygens (including phenoxy) is 1. The molecule has 1 aliphatic heterocycles. The average Bonchev–Trinajstić information content (AvgIpc) is 3.60. The van der Waals surface area contributed by atoms with E-state index in [0.717, 1.165) is 89.7 Å². The Hall–Kier alpha value is -3.26. The third-order valence-electron chi connectivity index (χ3n) is 8.94. The number of hydrogen-bond donors (Lipinski definition) is 2. The number of hydrogen-bond acceptors (Lipinski definition) is 7. The first-order chi connectivity index (χ1) is 20.3. The molecule has 1 aliphatic carbocycles. The number of anilines is 1. The second kappa shape index (κ2) is 11.1. The van der Waals surface area contributed by atoms with E-state index in [9.17, 15) is 0 Å². The van der Waals surface area contributed by atoms with Gasteiger partial charge in [0.15, 0.2) is 0 Å². The summed E-state index contributed by atoms with van der Waals surface area (Å²) in [5.74, 6) is 0.475. The van der Waals surface area contributed by atoms with Crippen molar-refractivity contribution >= 4 is 52.3 Å². The molecule has 0 amide bonds. The van der Waals surface area contributed by atoms with Crippen molar-refractivity contribution < 1.29 is 4.74 Å². The van der Waals surface area contributed by atoms with E-state index >= 15 is 0 Å². The van der Waals surface area contributed by atoms with E-state index in [1.165, 1.54) is 9.91 Å². The molecule has 1 saturated carbocycles. The zero-order chi connectivity index (χ0) is 28.8. The quantitative estimate of drug-likeness (QED) is 0.288. The number of aromatic amines is 1. The van der Waals surface area contributed by atoms with E-state index in [2.05, 4.69) is 82.9 Å². The van der Waals surface area contributed by atoms with Gasteiger partial charge in [-0.3, -0.25) is 0 Å². The number of H-pyrrole nitrogens is 1. The predicted molar refractivity (Wildman–Crippen MR) is 170 cm³/mol. The maximum atomic E-state index is 6.49. The average molecular weight is 627 g/mol. The number of aromatic nitrogens is 6. The molecule has 9 nitrogen and oxygen atoms in total. The first kappa shape index (κ1) is 27.6. The van der Waals surface area contributed by atoms with Gasteiger partial charge < -0.3 is 4.74 Å². The Bertz CT molecular complexity index is 1710. The van der Waals surface area contributed by atoms with Gasteiger partial charge in [-0.25, -0.2) is 0 Å². The molecule has 7 rings (SSSR count). The minimum atomic E-state index is -0.620. The normalized spacial score (nSPS) is 20.7. The molecule has 2 aromatic carbocycles. The van der Waals surface area contributed by atoms with Crippen molar-refractivity contribution in [1.82, 2.24) is 34.8 Å². The first-order valence-corrected chi connectivity index (χ1v) is 17.1. The van der Waals surface area contributed by atoms with Crippen molar-refractivity contribution in [3.63, 3.8) is 0 Å². The van der Waals surface area contributed by atoms with Crippen molar-refractivity contribution in [2.45, 2.75) is 64.0 Å². The van der Waals surface area contributed by atoms with Crippen LogP contribution in [-0.4, -0.2) is 82.9 Å². The summed E-state index contributed by atoms with van der Waals surface area (Å²) in [7, 11) is 0. The van der Waals surface area contributed by atoms with Gasteiger partial charge >= 0.3 is 222 Å². The summed E-state index contributed by atoms with van der Waals surface area (Å²) in [5, 5.41) is 15.2. The second-order valence-corrected chi connectivity index (χ2v) is 15.4. The third-order valence-corrected chi connectivity index (χ3v) is 11.5. The van der Waals surface area contributed by atoms with Crippen LogP contribution in [0.3, 0.4) is 0 Å². The number of morpholine rings is 1. The Kier molecular flexibility index (Phi) is 7.29. The van der Waals surface area contributed by atoms with Crippen LogP contribution >= 0.6 is 0 Å². The Morgan fingerprint density at radius 2 is 1.69 bits per heavy atom. The molecule has 1 saturated heterocycles. The molecule has 4 heterocycles. The van der Waals surface area contributed by atoms with Gasteiger partial charge in [0.1, 0.15) is 0 Å². The van der Waals surface area contributed by atoms with Gasteiger partial charge in [-0.15, -0.1) is 0 Å². The zero-order valence-corrected chi connectivity index (χ0v) is 26.7. The maximum absolute atomic E-state index is 6.49. The Morgan fingerprint density at radius 3 is 2.43 bits per heavy atom. The molecule has 42 heavy (non-hydrogen) atoms. The van der Waals surface area contributed by atoms with Crippen molar-refractivity contribution in [2.75, 3.05) is 32.0 Å². The van der Waals surface area contributed by atoms with E-state index in [-0.39, 0.29) is 5.41 Å². The fourth-order valence-corrected chi connectivity index (χ4v) is 8.73. The van der Waals surface area contributed by atoms with Crippen LogP contribution < -0.4 is 14.6 Å². The van der Waals surface area contributed by atoms with Gasteiger partial charge in [0.2, 0.25) is 0 Å². The molecule has 218 valence electrons. The van der Waals surface area contributed by atoms with Crippen LogP contribution in [-0.2, 0) is 10.2 Å². The summed E-state index contributed by atoms with van der Waals surface area (Å²) in [4.78, 5) is 11.7. The Morgan fingerprint density at radius 1 is 0.952 bits per heavy atom. The standard InChI is InChI=1S/C32H39AsN8O/c1-32(2,3)21-5-7-22(8-6-21)33-29-25-18-20(4-13-26(25)37-38-29)28-27-30(34)35-19-36-31(27)41(39-28)24-11-9-23(10-12-24)40-14-16-42-17-15-40/h4-8,13,18-19,23-24,33H,9-12,14-17H2,1-3H3,(H,37,38)(H2,34,35,36)/t23-,24-.